The number of pyridine rings is 1. The first kappa shape index (κ1) is 15.9. The van der Waals surface area contributed by atoms with E-state index in [1.54, 1.807) is 0 Å². The van der Waals surface area contributed by atoms with Crippen LogP contribution in [0.4, 0.5) is 0 Å². The molecular weight excluding hydrogens is 310 g/mol. The van der Waals surface area contributed by atoms with Gasteiger partial charge in [-0.3, -0.25) is 9.78 Å². The highest BCUT2D eigenvalue weighted by molar-refractivity contribution is 5.82. The monoisotopic (exact) mass is 333 g/mol. The molecule has 1 amide bonds. The lowest BCUT2D eigenvalue weighted by atomic mass is 9.93. The van der Waals surface area contributed by atoms with Crippen LogP contribution in [0.2, 0.25) is 0 Å². The zero-order valence-electron chi connectivity index (χ0n) is 14.6. The number of benzene rings is 1. The van der Waals surface area contributed by atoms with E-state index >= 15 is 0 Å². The average Bonchev–Trinajstić information content (AvgIpc) is 2.98. The molecule has 1 aromatic carbocycles. The van der Waals surface area contributed by atoms with Gasteiger partial charge in [-0.2, -0.15) is 0 Å². The third-order valence-electron chi connectivity index (χ3n) is 5.12. The number of amides is 1. The summed E-state index contributed by atoms with van der Waals surface area (Å²) in [5, 5.41) is 1.24. The fourth-order valence-electron chi connectivity index (χ4n) is 3.70. The van der Waals surface area contributed by atoms with Crippen LogP contribution in [-0.2, 0) is 24.7 Å². The van der Waals surface area contributed by atoms with Gasteiger partial charge in [-0.15, -0.1) is 0 Å². The largest absolute Gasteiger partial charge is 0.349 e. The highest BCUT2D eigenvalue weighted by atomic mass is 16.2. The van der Waals surface area contributed by atoms with Crippen LogP contribution < -0.4 is 0 Å². The van der Waals surface area contributed by atoms with Gasteiger partial charge in [-0.1, -0.05) is 30.3 Å². The predicted octanol–water partition coefficient (Wildman–Crippen LogP) is 3.21. The minimum Gasteiger partial charge on any atom is -0.349 e. The highest BCUT2D eigenvalue weighted by Gasteiger charge is 2.31. The number of carbonyl (C=O) groups excluding carboxylic acids is 1. The van der Waals surface area contributed by atoms with E-state index in [-0.39, 0.29) is 5.91 Å². The van der Waals surface area contributed by atoms with Crippen LogP contribution in [0.1, 0.15) is 17.7 Å². The van der Waals surface area contributed by atoms with Crippen LogP contribution in [0, 0.1) is 5.92 Å². The van der Waals surface area contributed by atoms with E-state index in [0.29, 0.717) is 12.3 Å². The van der Waals surface area contributed by atoms with Crippen molar-refractivity contribution in [3.05, 3.63) is 66.1 Å². The number of fused-ring (bicyclic) bond motifs is 1. The standard InChI is InChI=1S/C21H23N3O/c1-23-12-10-18-9-11-22-19(21(18)23)13-17-14-24(15-17)20(25)8-7-16-5-3-2-4-6-16/h2-6,9-12,17H,7-8,13-15H2,1H3. The molecule has 0 saturated carbocycles. The van der Waals surface area contributed by atoms with Gasteiger partial charge in [0.25, 0.3) is 0 Å². The molecule has 0 atom stereocenters. The number of rotatable bonds is 5. The molecule has 0 unspecified atom stereocenters. The lowest BCUT2D eigenvalue weighted by molar-refractivity contribution is -0.137. The van der Waals surface area contributed by atoms with Crippen molar-refractivity contribution in [2.45, 2.75) is 19.3 Å². The summed E-state index contributed by atoms with van der Waals surface area (Å²) < 4.78 is 2.14. The molecule has 0 radical (unpaired) electrons. The first-order valence-corrected chi connectivity index (χ1v) is 8.91. The van der Waals surface area contributed by atoms with Crippen molar-refractivity contribution in [2.24, 2.45) is 13.0 Å². The summed E-state index contributed by atoms with van der Waals surface area (Å²) in [6, 6.07) is 14.4. The fraction of sp³-hybridized carbons (Fsp3) is 0.333. The van der Waals surface area contributed by atoms with E-state index in [9.17, 15) is 4.79 Å². The molecule has 25 heavy (non-hydrogen) atoms. The molecule has 2 aromatic heterocycles. The van der Waals surface area contributed by atoms with Crippen LogP contribution in [0.3, 0.4) is 0 Å². The van der Waals surface area contributed by atoms with Crippen molar-refractivity contribution in [3.8, 4) is 0 Å². The molecule has 4 rings (SSSR count). The molecule has 128 valence electrons. The topological polar surface area (TPSA) is 38.1 Å². The van der Waals surface area contributed by atoms with Gasteiger partial charge in [-0.25, -0.2) is 0 Å². The summed E-state index contributed by atoms with van der Waals surface area (Å²) in [6.45, 7) is 1.71. The van der Waals surface area contributed by atoms with Gasteiger partial charge < -0.3 is 9.47 Å². The van der Waals surface area contributed by atoms with Crippen LogP contribution in [0.15, 0.2) is 54.9 Å². The average molecular weight is 333 g/mol. The summed E-state index contributed by atoms with van der Waals surface area (Å²) in [5.41, 5.74) is 3.59. The normalized spacial score (nSPS) is 14.7. The van der Waals surface area contributed by atoms with Crippen molar-refractivity contribution in [1.82, 2.24) is 14.5 Å². The molecule has 1 aliphatic heterocycles. The number of hydrogen-bond acceptors (Lipinski definition) is 2. The van der Waals surface area contributed by atoms with Gasteiger partial charge in [0.1, 0.15) is 0 Å². The van der Waals surface area contributed by atoms with Crippen LogP contribution in [0.5, 0.6) is 0 Å². The number of hydrogen-bond donors (Lipinski definition) is 0. The molecular formula is C21H23N3O. The molecule has 4 nitrogen and oxygen atoms in total. The minimum absolute atomic E-state index is 0.269. The lowest BCUT2D eigenvalue weighted by Gasteiger charge is -2.39. The Labute approximate surface area is 148 Å². The van der Waals surface area contributed by atoms with Crippen molar-refractivity contribution < 1.29 is 4.79 Å². The second-order valence-electron chi connectivity index (χ2n) is 6.98. The minimum atomic E-state index is 0.269. The molecule has 0 bridgehead atoms. The summed E-state index contributed by atoms with van der Waals surface area (Å²) in [7, 11) is 2.06. The zero-order valence-corrected chi connectivity index (χ0v) is 14.6. The second-order valence-corrected chi connectivity index (χ2v) is 6.98. The fourth-order valence-corrected chi connectivity index (χ4v) is 3.70. The molecule has 1 aliphatic rings. The lowest BCUT2D eigenvalue weighted by Crippen LogP contribution is -2.50. The van der Waals surface area contributed by atoms with Crippen molar-refractivity contribution in [3.63, 3.8) is 0 Å². The summed E-state index contributed by atoms with van der Waals surface area (Å²) in [5.74, 6) is 0.791. The highest BCUT2D eigenvalue weighted by Crippen LogP contribution is 2.25. The van der Waals surface area contributed by atoms with Crippen molar-refractivity contribution in [1.29, 1.82) is 0 Å². The van der Waals surface area contributed by atoms with Gasteiger partial charge in [-0.05, 0) is 36.5 Å². The third-order valence-corrected chi connectivity index (χ3v) is 5.12. The van der Waals surface area contributed by atoms with Gasteiger partial charge in [0, 0.05) is 44.3 Å². The Morgan fingerprint density at radius 3 is 2.76 bits per heavy atom. The summed E-state index contributed by atoms with van der Waals surface area (Å²) in [4.78, 5) is 18.9. The number of likely N-dealkylation sites (tertiary alicyclic amines) is 1. The van der Waals surface area contributed by atoms with E-state index in [1.807, 2.05) is 29.3 Å². The molecule has 1 fully saturated rings. The van der Waals surface area contributed by atoms with E-state index < -0.39 is 0 Å². The second kappa shape index (κ2) is 6.71. The Bertz CT molecular complexity index is 879. The first-order valence-electron chi connectivity index (χ1n) is 8.91. The maximum Gasteiger partial charge on any atom is 0.222 e. The maximum absolute atomic E-state index is 12.3. The molecule has 0 aliphatic carbocycles. The molecule has 3 heterocycles. The molecule has 0 N–H and O–H groups in total. The van der Waals surface area contributed by atoms with E-state index in [4.69, 9.17) is 0 Å². The Kier molecular flexibility index (Phi) is 4.26. The van der Waals surface area contributed by atoms with Gasteiger partial charge >= 0.3 is 0 Å². The predicted molar refractivity (Wildman–Crippen MR) is 99.3 cm³/mol. The third kappa shape index (κ3) is 3.29. The summed E-state index contributed by atoms with van der Waals surface area (Å²) in [6.07, 6.45) is 6.33. The molecule has 1 saturated heterocycles. The first-order chi connectivity index (χ1) is 12.2. The smallest absolute Gasteiger partial charge is 0.222 e. The molecule has 0 spiro atoms. The van der Waals surface area contributed by atoms with Crippen LogP contribution in [0.25, 0.3) is 10.9 Å². The van der Waals surface area contributed by atoms with Crippen molar-refractivity contribution >= 4 is 16.8 Å². The van der Waals surface area contributed by atoms with Gasteiger partial charge in [0.2, 0.25) is 5.91 Å². The number of carbonyl (C=O) groups is 1. The number of aromatic nitrogens is 2. The van der Waals surface area contributed by atoms with Crippen LogP contribution >= 0.6 is 0 Å². The molecule has 4 heteroatoms. The Morgan fingerprint density at radius 2 is 1.96 bits per heavy atom. The zero-order chi connectivity index (χ0) is 17.2. The Balaban J connectivity index is 1.31. The van der Waals surface area contributed by atoms with Gasteiger partial charge in [0.05, 0.1) is 11.2 Å². The Hall–Kier alpha value is -2.62. The van der Waals surface area contributed by atoms with Gasteiger partial charge in [0.15, 0.2) is 0 Å². The summed E-state index contributed by atoms with van der Waals surface area (Å²) >= 11 is 0. The molecule has 3 aromatic rings. The van der Waals surface area contributed by atoms with E-state index in [2.05, 4.69) is 47.1 Å². The number of aryl methyl sites for hydroxylation is 2. The maximum atomic E-state index is 12.3. The van der Waals surface area contributed by atoms with E-state index in [1.165, 1.54) is 16.5 Å². The van der Waals surface area contributed by atoms with E-state index in [0.717, 1.165) is 31.6 Å². The van der Waals surface area contributed by atoms with Crippen molar-refractivity contribution in [2.75, 3.05) is 13.1 Å². The quantitative estimate of drug-likeness (QED) is 0.719. The number of nitrogens with zero attached hydrogens (tertiary/aromatic N) is 3. The SMILES string of the molecule is Cn1ccc2ccnc(CC3CN(C(=O)CCc4ccccc4)C3)c21. The Morgan fingerprint density at radius 1 is 1.16 bits per heavy atom. The van der Waals surface area contributed by atoms with Crippen LogP contribution in [-0.4, -0.2) is 33.4 Å².